The Bertz CT molecular complexity index is 549. The molecule has 2 rings (SSSR count). The Hall–Kier alpha value is -1.54. The lowest BCUT2D eigenvalue weighted by molar-refractivity contribution is -0.126. The molecule has 2 atom stereocenters. The number of hydrogen-bond acceptors (Lipinski definition) is 5. The Labute approximate surface area is 153 Å². The summed E-state index contributed by atoms with van der Waals surface area (Å²) >= 11 is 1.65. The van der Waals surface area contributed by atoms with Crippen molar-refractivity contribution in [2.24, 2.45) is 0 Å². The Morgan fingerprint density at radius 1 is 1.48 bits per heavy atom. The fraction of sp³-hybridized carbons (Fsp3) is 0.706. The van der Waals surface area contributed by atoms with E-state index in [9.17, 15) is 9.59 Å². The molecular weight excluding hydrogens is 338 g/mol. The number of nitrogens with one attached hydrogen (secondary N) is 3. The van der Waals surface area contributed by atoms with Crippen LogP contribution in [0.2, 0.25) is 0 Å². The Morgan fingerprint density at radius 3 is 2.92 bits per heavy atom. The fourth-order valence-corrected chi connectivity index (χ4v) is 3.71. The van der Waals surface area contributed by atoms with Gasteiger partial charge in [-0.15, -0.1) is 0 Å². The number of thioether (sulfide) groups is 1. The topological polar surface area (TPSA) is 90.1 Å². The quantitative estimate of drug-likeness (QED) is 0.570. The van der Waals surface area contributed by atoms with Crippen LogP contribution in [0.15, 0.2) is 12.5 Å². The minimum Gasteiger partial charge on any atom is -0.353 e. The minimum absolute atomic E-state index is 0.000519. The molecule has 0 radical (unpaired) electrons. The number of H-pyrrole nitrogens is 1. The molecule has 0 aromatic carbocycles. The summed E-state index contributed by atoms with van der Waals surface area (Å²) in [6.45, 7) is 7.30. The Kier molecular flexibility index (Phi) is 7.77. The van der Waals surface area contributed by atoms with Crippen molar-refractivity contribution in [2.45, 2.75) is 58.3 Å². The van der Waals surface area contributed by atoms with Crippen molar-refractivity contribution in [3.05, 3.63) is 18.2 Å². The van der Waals surface area contributed by atoms with Crippen molar-refractivity contribution in [3.63, 3.8) is 0 Å². The monoisotopic (exact) mass is 367 g/mol. The molecule has 1 saturated heterocycles. The molecule has 1 aromatic heterocycles. The van der Waals surface area contributed by atoms with Gasteiger partial charge in [0.2, 0.25) is 11.8 Å². The number of rotatable bonds is 9. The van der Waals surface area contributed by atoms with Gasteiger partial charge in [-0.1, -0.05) is 6.92 Å². The standard InChI is InChI=1S/C17H29N5O2S/c1-4-5-25-10-16(23)21-13-6-15(17(24)20-12(2)3)22(8-13)9-14-7-18-11-19-14/h7,11-13,15H,4-6,8-10H2,1-3H3,(H,18,19)(H,20,24)(H,21,23)/t13-,15+/m1/s1. The van der Waals surface area contributed by atoms with Crippen LogP contribution in [0.3, 0.4) is 0 Å². The van der Waals surface area contributed by atoms with Crippen molar-refractivity contribution in [3.8, 4) is 0 Å². The van der Waals surface area contributed by atoms with E-state index < -0.39 is 0 Å². The van der Waals surface area contributed by atoms with Gasteiger partial charge in [-0.05, 0) is 32.4 Å². The number of carbonyl (C=O) groups excluding carboxylic acids is 2. The molecule has 25 heavy (non-hydrogen) atoms. The largest absolute Gasteiger partial charge is 0.353 e. The average molecular weight is 368 g/mol. The van der Waals surface area contributed by atoms with E-state index in [1.54, 1.807) is 24.3 Å². The van der Waals surface area contributed by atoms with E-state index in [-0.39, 0.29) is 29.9 Å². The molecule has 1 fully saturated rings. The summed E-state index contributed by atoms with van der Waals surface area (Å²) in [6.07, 6.45) is 5.11. The van der Waals surface area contributed by atoms with Gasteiger partial charge in [0.05, 0.1) is 18.1 Å². The molecule has 140 valence electrons. The van der Waals surface area contributed by atoms with Crippen LogP contribution in [0.1, 0.15) is 39.3 Å². The highest BCUT2D eigenvalue weighted by Crippen LogP contribution is 2.21. The molecule has 0 aliphatic carbocycles. The number of aromatic nitrogens is 2. The fourth-order valence-electron chi connectivity index (χ4n) is 3.00. The lowest BCUT2D eigenvalue weighted by Gasteiger charge is -2.23. The van der Waals surface area contributed by atoms with E-state index in [1.807, 2.05) is 13.8 Å². The van der Waals surface area contributed by atoms with Gasteiger partial charge >= 0.3 is 0 Å². The van der Waals surface area contributed by atoms with Gasteiger partial charge in [-0.2, -0.15) is 11.8 Å². The van der Waals surface area contributed by atoms with Gasteiger partial charge in [-0.25, -0.2) is 4.98 Å². The van der Waals surface area contributed by atoms with Gasteiger partial charge in [0, 0.05) is 37.1 Å². The first-order chi connectivity index (χ1) is 12.0. The van der Waals surface area contributed by atoms with E-state index in [1.165, 1.54) is 0 Å². The third-order valence-corrected chi connectivity index (χ3v) is 5.18. The number of carbonyl (C=O) groups is 2. The molecule has 0 saturated carbocycles. The zero-order valence-corrected chi connectivity index (χ0v) is 16.1. The summed E-state index contributed by atoms with van der Waals surface area (Å²) in [5.41, 5.74) is 0.966. The molecule has 0 bridgehead atoms. The Morgan fingerprint density at radius 2 is 2.28 bits per heavy atom. The van der Waals surface area contributed by atoms with Crippen molar-refractivity contribution >= 4 is 23.6 Å². The normalized spacial score (nSPS) is 20.8. The summed E-state index contributed by atoms with van der Waals surface area (Å²) in [6, 6.07) is -0.138. The second kappa shape index (κ2) is 9.82. The number of nitrogens with zero attached hydrogens (tertiary/aromatic N) is 2. The molecule has 1 aliphatic rings. The van der Waals surface area contributed by atoms with Crippen molar-refractivity contribution in [1.29, 1.82) is 0 Å². The summed E-state index contributed by atoms with van der Waals surface area (Å²) in [5, 5.41) is 6.07. The van der Waals surface area contributed by atoms with Crippen LogP contribution < -0.4 is 10.6 Å². The van der Waals surface area contributed by atoms with Gasteiger partial charge in [-0.3, -0.25) is 14.5 Å². The lowest BCUT2D eigenvalue weighted by atomic mass is 10.1. The van der Waals surface area contributed by atoms with Crippen LogP contribution in [-0.2, 0) is 16.1 Å². The second-order valence-corrected chi connectivity index (χ2v) is 7.84. The predicted octanol–water partition coefficient (Wildman–Crippen LogP) is 1.14. The van der Waals surface area contributed by atoms with Crippen LogP contribution in [0.25, 0.3) is 0 Å². The van der Waals surface area contributed by atoms with Gasteiger partial charge < -0.3 is 15.6 Å². The van der Waals surface area contributed by atoms with E-state index in [2.05, 4.69) is 32.4 Å². The first-order valence-corrected chi connectivity index (χ1v) is 10.0. The Balaban J connectivity index is 1.95. The maximum Gasteiger partial charge on any atom is 0.237 e. The van der Waals surface area contributed by atoms with Crippen LogP contribution in [0.4, 0.5) is 0 Å². The van der Waals surface area contributed by atoms with Crippen LogP contribution >= 0.6 is 11.8 Å². The van der Waals surface area contributed by atoms with E-state index in [0.29, 0.717) is 25.3 Å². The summed E-state index contributed by atoms with van der Waals surface area (Å²) < 4.78 is 0. The number of amides is 2. The molecule has 2 amide bonds. The minimum atomic E-state index is -0.237. The van der Waals surface area contributed by atoms with Crippen LogP contribution in [0.5, 0.6) is 0 Å². The van der Waals surface area contributed by atoms with Gasteiger partial charge in [0.25, 0.3) is 0 Å². The highest BCUT2D eigenvalue weighted by atomic mass is 32.2. The third kappa shape index (κ3) is 6.36. The molecule has 7 nitrogen and oxygen atoms in total. The molecular formula is C17H29N5O2S. The maximum absolute atomic E-state index is 12.5. The molecule has 2 heterocycles. The first-order valence-electron chi connectivity index (χ1n) is 8.88. The molecule has 8 heteroatoms. The van der Waals surface area contributed by atoms with E-state index >= 15 is 0 Å². The first kappa shape index (κ1) is 19.8. The smallest absolute Gasteiger partial charge is 0.237 e. The maximum atomic E-state index is 12.5. The van der Waals surface area contributed by atoms with Gasteiger partial charge in [0.1, 0.15) is 0 Å². The number of imidazole rings is 1. The molecule has 1 aromatic rings. The van der Waals surface area contributed by atoms with Crippen LogP contribution in [-0.4, -0.2) is 62.9 Å². The van der Waals surface area contributed by atoms with Crippen molar-refractivity contribution in [1.82, 2.24) is 25.5 Å². The predicted molar refractivity (Wildman–Crippen MR) is 100 cm³/mol. The molecule has 0 unspecified atom stereocenters. The number of aromatic amines is 1. The second-order valence-electron chi connectivity index (χ2n) is 6.74. The number of hydrogen-bond donors (Lipinski definition) is 3. The highest BCUT2D eigenvalue weighted by molar-refractivity contribution is 7.99. The average Bonchev–Trinajstić information content (AvgIpc) is 3.17. The van der Waals surface area contributed by atoms with Crippen LogP contribution in [0, 0.1) is 0 Å². The summed E-state index contributed by atoms with van der Waals surface area (Å²) in [4.78, 5) is 33.8. The lowest BCUT2D eigenvalue weighted by Crippen LogP contribution is -2.45. The molecule has 3 N–H and O–H groups in total. The zero-order valence-electron chi connectivity index (χ0n) is 15.2. The SMILES string of the molecule is CCCSCC(=O)N[C@@H]1C[C@@H](C(=O)NC(C)C)N(Cc2cnc[nH]2)C1. The zero-order chi connectivity index (χ0) is 18.2. The van der Waals surface area contributed by atoms with Crippen molar-refractivity contribution < 1.29 is 9.59 Å². The highest BCUT2D eigenvalue weighted by Gasteiger charge is 2.37. The number of likely N-dealkylation sites (tertiary alicyclic amines) is 1. The van der Waals surface area contributed by atoms with E-state index in [0.717, 1.165) is 17.9 Å². The van der Waals surface area contributed by atoms with E-state index in [4.69, 9.17) is 0 Å². The third-order valence-electron chi connectivity index (χ3n) is 4.01. The molecule has 1 aliphatic heterocycles. The van der Waals surface area contributed by atoms with Crippen molar-refractivity contribution in [2.75, 3.05) is 18.1 Å². The summed E-state index contributed by atoms with van der Waals surface area (Å²) in [7, 11) is 0. The molecule has 0 spiro atoms. The van der Waals surface area contributed by atoms with Gasteiger partial charge in [0.15, 0.2) is 0 Å². The summed E-state index contributed by atoms with van der Waals surface area (Å²) in [5.74, 6) is 1.54.